The van der Waals surface area contributed by atoms with Gasteiger partial charge < -0.3 is 29.2 Å². The summed E-state index contributed by atoms with van der Waals surface area (Å²) in [6.07, 6.45) is -0.934. The molecule has 0 bridgehead atoms. The lowest BCUT2D eigenvalue weighted by atomic mass is 10.3. The van der Waals surface area contributed by atoms with E-state index in [0.717, 1.165) is 24.2 Å². The average Bonchev–Trinajstić information content (AvgIpc) is 3.24. The fourth-order valence-electron chi connectivity index (χ4n) is 4.04. The molecule has 4 rings (SSSR count). The zero-order valence-corrected chi connectivity index (χ0v) is 20.3. The molecule has 0 amide bonds. The minimum Gasteiger partial charge on any atom is -0.497 e. The number of benzene rings is 1. The third-order valence-corrected chi connectivity index (χ3v) is 6.06. The van der Waals surface area contributed by atoms with Crippen LogP contribution in [0.15, 0.2) is 33.9 Å². The van der Waals surface area contributed by atoms with Gasteiger partial charge in [-0.2, -0.15) is 4.98 Å². The topological polar surface area (TPSA) is 125 Å². The fraction of sp³-hybridized carbons (Fsp3) is 0.522. The van der Waals surface area contributed by atoms with Gasteiger partial charge >= 0.3 is 5.69 Å². The van der Waals surface area contributed by atoms with Gasteiger partial charge in [0, 0.05) is 40.3 Å². The van der Waals surface area contributed by atoms with E-state index in [-0.39, 0.29) is 24.3 Å². The van der Waals surface area contributed by atoms with Crippen LogP contribution < -0.4 is 26.0 Å². The molecule has 1 fully saturated rings. The number of aryl methyl sites for hydroxylation is 1. The zero-order valence-electron chi connectivity index (χ0n) is 20.3. The van der Waals surface area contributed by atoms with Crippen LogP contribution in [0.4, 0.5) is 5.95 Å². The van der Waals surface area contributed by atoms with E-state index in [2.05, 4.69) is 15.2 Å². The Morgan fingerprint density at radius 2 is 1.80 bits per heavy atom. The SMILES string of the molecule is COc1ccc(OCC(O)Cn2c(NCCN3CCOCC3)nc3c2c(=O)n(C)c(=O)n3C)cc1. The first kappa shape index (κ1) is 24.8. The Morgan fingerprint density at radius 1 is 1.11 bits per heavy atom. The van der Waals surface area contributed by atoms with Crippen molar-refractivity contribution >= 4 is 17.1 Å². The quantitative estimate of drug-likeness (QED) is 0.393. The van der Waals surface area contributed by atoms with E-state index < -0.39 is 17.4 Å². The number of aliphatic hydroxyl groups excluding tert-OH is 1. The van der Waals surface area contributed by atoms with Gasteiger partial charge in [0.15, 0.2) is 11.2 Å². The molecule has 2 aromatic heterocycles. The minimum atomic E-state index is -0.934. The molecule has 2 N–H and O–H groups in total. The van der Waals surface area contributed by atoms with E-state index in [1.165, 1.54) is 11.6 Å². The normalized spacial score (nSPS) is 15.3. The zero-order chi connectivity index (χ0) is 24.9. The van der Waals surface area contributed by atoms with E-state index in [0.29, 0.717) is 37.2 Å². The number of hydrogen-bond acceptors (Lipinski definition) is 9. The highest BCUT2D eigenvalue weighted by molar-refractivity contribution is 5.74. The Bertz CT molecular complexity index is 1260. The number of aliphatic hydroxyl groups is 1. The highest BCUT2D eigenvalue weighted by atomic mass is 16.5. The van der Waals surface area contributed by atoms with E-state index in [1.54, 1.807) is 43.0 Å². The van der Waals surface area contributed by atoms with E-state index in [1.807, 2.05) is 0 Å². The van der Waals surface area contributed by atoms with Gasteiger partial charge in [-0.25, -0.2) is 4.79 Å². The second kappa shape index (κ2) is 10.9. The first-order chi connectivity index (χ1) is 16.9. The molecule has 0 aliphatic carbocycles. The molecule has 12 heteroatoms. The van der Waals surface area contributed by atoms with Gasteiger partial charge in [0.2, 0.25) is 5.95 Å². The van der Waals surface area contributed by atoms with E-state index in [9.17, 15) is 14.7 Å². The molecule has 1 aliphatic rings. The summed E-state index contributed by atoms with van der Waals surface area (Å²) < 4.78 is 20.2. The van der Waals surface area contributed by atoms with Crippen LogP contribution in [-0.4, -0.2) is 87.9 Å². The summed E-state index contributed by atoms with van der Waals surface area (Å²) in [5, 5.41) is 14.0. The second-order valence-electron chi connectivity index (χ2n) is 8.45. The molecule has 3 heterocycles. The van der Waals surface area contributed by atoms with Gasteiger partial charge in [0.25, 0.3) is 5.56 Å². The van der Waals surface area contributed by atoms with Gasteiger partial charge in [-0.1, -0.05) is 0 Å². The molecule has 1 aliphatic heterocycles. The number of ether oxygens (including phenoxy) is 3. The molecule has 1 saturated heterocycles. The highest BCUT2D eigenvalue weighted by Crippen LogP contribution is 2.19. The predicted octanol–water partition coefficient (Wildman–Crippen LogP) is -0.374. The molecule has 3 aromatic rings. The van der Waals surface area contributed by atoms with Crippen LogP contribution in [0.5, 0.6) is 11.5 Å². The van der Waals surface area contributed by atoms with Gasteiger partial charge in [-0.15, -0.1) is 0 Å². The third-order valence-electron chi connectivity index (χ3n) is 6.06. The average molecular weight is 489 g/mol. The molecular formula is C23H32N6O6. The molecule has 190 valence electrons. The van der Waals surface area contributed by atoms with Crippen LogP contribution in [0.3, 0.4) is 0 Å². The Hall–Kier alpha value is -3.35. The van der Waals surface area contributed by atoms with Gasteiger partial charge in [-0.05, 0) is 24.3 Å². The number of fused-ring (bicyclic) bond motifs is 1. The van der Waals surface area contributed by atoms with E-state index >= 15 is 0 Å². The molecular weight excluding hydrogens is 456 g/mol. The summed E-state index contributed by atoms with van der Waals surface area (Å²) in [5.74, 6) is 1.70. The van der Waals surface area contributed by atoms with Crippen molar-refractivity contribution in [2.45, 2.75) is 12.6 Å². The third kappa shape index (κ3) is 5.50. The Balaban J connectivity index is 1.54. The lowest BCUT2D eigenvalue weighted by Gasteiger charge is -2.26. The highest BCUT2D eigenvalue weighted by Gasteiger charge is 2.21. The molecule has 0 radical (unpaired) electrons. The van der Waals surface area contributed by atoms with Gasteiger partial charge in [0.05, 0.1) is 26.9 Å². The molecule has 1 unspecified atom stereocenters. The Labute approximate surface area is 202 Å². The number of nitrogens with zero attached hydrogens (tertiary/aromatic N) is 5. The summed E-state index contributed by atoms with van der Waals surface area (Å²) in [4.78, 5) is 32.2. The van der Waals surface area contributed by atoms with Crippen LogP contribution in [0.25, 0.3) is 11.2 Å². The standard InChI is InChI=1S/C23H32N6O6/c1-26-20-19(21(31)27(2)23(26)32)29(22(25-20)24-8-9-28-10-12-34-13-11-28)14-16(30)15-35-18-6-4-17(33-3)5-7-18/h4-7,16,30H,8-15H2,1-3H3,(H,24,25). The number of aromatic nitrogens is 4. The number of nitrogens with one attached hydrogen (secondary N) is 1. The van der Waals surface area contributed by atoms with Crippen molar-refractivity contribution in [3.8, 4) is 11.5 Å². The molecule has 12 nitrogen and oxygen atoms in total. The fourth-order valence-corrected chi connectivity index (χ4v) is 4.04. The van der Waals surface area contributed by atoms with Crippen LogP contribution in [-0.2, 0) is 25.4 Å². The van der Waals surface area contributed by atoms with Gasteiger partial charge in [0.1, 0.15) is 24.2 Å². The van der Waals surface area contributed by atoms with Crippen LogP contribution in [0.2, 0.25) is 0 Å². The van der Waals surface area contributed by atoms with Crippen molar-refractivity contribution in [3.63, 3.8) is 0 Å². The Kier molecular flexibility index (Phi) is 7.73. The summed E-state index contributed by atoms with van der Waals surface area (Å²) >= 11 is 0. The van der Waals surface area contributed by atoms with Crippen molar-refractivity contribution in [1.82, 2.24) is 23.6 Å². The number of methoxy groups -OCH3 is 1. The van der Waals surface area contributed by atoms with Gasteiger partial charge in [-0.3, -0.25) is 18.8 Å². The van der Waals surface area contributed by atoms with E-state index in [4.69, 9.17) is 14.2 Å². The number of anilines is 1. The predicted molar refractivity (Wildman–Crippen MR) is 130 cm³/mol. The lowest BCUT2D eigenvalue weighted by molar-refractivity contribution is 0.0398. The molecule has 35 heavy (non-hydrogen) atoms. The summed E-state index contributed by atoms with van der Waals surface area (Å²) in [6, 6.07) is 7.04. The minimum absolute atomic E-state index is 0.00526. The first-order valence-electron chi connectivity index (χ1n) is 11.5. The number of hydrogen-bond donors (Lipinski definition) is 2. The second-order valence-corrected chi connectivity index (χ2v) is 8.45. The molecule has 1 aromatic carbocycles. The summed E-state index contributed by atoms with van der Waals surface area (Å²) in [5.41, 5.74) is -0.433. The number of morpholine rings is 1. The summed E-state index contributed by atoms with van der Waals surface area (Å²) in [6.45, 7) is 4.53. The first-order valence-corrected chi connectivity index (χ1v) is 11.5. The van der Waals surface area contributed by atoms with Crippen LogP contribution in [0, 0.1) is 0 Å². The van der Waals surface area contributed by atoms with Crippen molar-refractivity contribution in [1.29, 1.82) is 0 Å². The maximum Gasteiger partial charge on any atom is 0.332 e. The smallest absolute Gasteiger partial charge is 0.332 e. The number of imidazole rings is 1. The maximum absolute atomic E-state index is 13.0. The van der Waals surface area contributed by atoms with Crippen molar-refractivity contribution in [2.24, 2.45) is 14.1 Å². The largest absolute Gasteiger partial charge is 0.497 e. The molecule has 0 saturated carbocycles. The lowest BCUT2D eigenvalue weighted by Crippen LogP contribution is -2.39. The monoisotopic (exact) mass is 488 g/mol. The molecule has 1 atom stereocenters. The van der Waals surface area contributed by atoms with Crippen molar-refractivity contribution in [3.05, 3.63) is 45.1 Å². The molecule has 0 spiro atoms. The maximum atomic E-state index is 13.0. The van der Waals surface area contributed by atoms with Crippen molar-refractivity contribution in [2.75, 3.05) is 58.4 Å². The van der Waals surface area contributed by atoms with Crippen LogP contribution >= 0.6 is 0 Å². The summed E-state index contributed by atoms with van der Waals surface area (Å²) in [7, 11) is 4.58. The number of rotatable bonds is 10. The van der Waals surface area contributed by atoms with Crippen LogP contribution in [0.1, 0.15) is 0 Å². The van der Waals surface area contributed by atoms with Crippen molar-refractivity contribution < 1.29 is 19.3 Å². The Morgan fingerprint density at radius 3 is 2.49 bits per heavy atom.